The Balaban J connectivity index is 3.56. The molecule has 1 N–H and O–H groups in total. The van der Waals surface area contributed by atoms with Gasteiger partial charge in [0.1, 0.15) is 0 Å². The standard InChI is InChI=1S/C5H12FO3P/c1-5(6,3-7)4-9-10(2)8/h7,10H,3-4H2,1-2H3. The predicted molar refractivity (Wildman–Crippen MR) is 37.5 cm³/mol. The summed E-state index contributed by atoms with van der Waals surface area (Å²) in [5, 5.41) is 8.36. The minimum atomic E-state index is -2.08. The first-order chi connectivity index (χ1) is 4.48. The van der Waals surface area contributed by atoms with Gasteiger partial charge in [0, 0.05) is 6.66 Å². The Hall–Kier alpha value is 0.0800. The van der Waals surface area contributed by atoms with Crippen molar-refractivity contribution in [3.8, 4) is 0 Å². The average Bonchev–Trinajstić information content (AvgIpc) is 1.85. The highest BCUT2D eigenvalue weighted by Crippen LogP contribution is 2.20. The molecule has 0 saturated carbocycles. The second-order valence-electron chi connectivity index (χ2n) is 2.35. The van der Waals surface area contributed by atoms with Crippen LogP contribution in [0.25, 0.3) is 0 Å². The highest BCUT2D eigenvalue weighted by atomic mass is 31.1. The van der Waals surface area contributed by atoms with Crippen molar-refractivity contribution in [1.29, 1.82) is 0 Å². The molecular weight excluding hydrogens is 158 g/mol. The summed E-state index contributed by atoms with van der Waals surface area (Å²) in [4.78, 5) is 0. The molecule has 0 saturated heterocycles. The van der Waals surface area contributed by atoms with E-state index in [2.05, 4.69) is 4.52 Å². The van der Waals surface area contributed by atoms with Crippen LogP contribution in [0.1, 0.15) is 6.92 Å². The van der Waals surface area contributed by atoms with Gasteiger partial charge in [-0.2, -0.15) is 0 Å². The summed E-state index contributed by atoms with van der Waals surface area (Å²) in [6.07, 6.45) is 0. The zero-order valence-corrected chi connectivity index (χ0v) is 7.06. The fraction of sp³-hybridized carbons (Fsp3) is 1.00. The highest BCUT2D eigenvalue weighted by molar-refractivity contribution is 7.38. The molecule has 0 spiro atoms. The van der Waals surface area contributed by atoms with Crippen LogP contribution < -0.4 is 0 Å². The summed E-state index contributed by atoms with van der Waals surface area (Å²) in [5.41, 5.74) is -1.77. The predicted octanol–water partition coefficient (Wildman–Crippen LogP) is 0.828. The van der Waals surface area contributed by atoms with Gasteiger partial charge in [0.15, 0.2) is 13.7 Å². The van der Waals surface area contributed by atoms with Crippen molar-refractivity contribution in [2.24, 2.45) is 0 Å². The molecule has 0 aliphatic rings. The first kappa shape index (κ1) is 10.1. The van der Waals surface area contributed by atoms with Gasteiger partial charge in [0.2, 0.25) is 0 Å². The Morgan fingerprint density at radius 1 is 1.80 bits per heavy atom. The zero-order valence-electron chi connectivity index (χ0n) is 6.06. The van der Waals surface area contributed by atoms with Gasteiger partial charge in [0.25, 0.3) is 0 Å². The maximum absolute atomic E-state index is 12.7. The van der Waals surface area contributed by atoms with Gasteiger partial charge in [-0.1, -0.05) is 0 Å². The number of aliphatic hydroxyl groups excluding tert-OH is 1. The number of halogens is 1. The van der Waals surface area contributed by atoms with Crippen molar-refractivity contribution >= 4 is 8.03 Å². The fourth-order valence-corrected chi connectivity index (χ4v) is 0.802. The van der Waals surface area contributed by atoms with E-state index in [-0.39, 0.29) is 6.61 Å². The molecular formula is C5H12FO3P. The molecule has 2 atom stereocenters. The van der Waals surface area contributed by atoms with Gasteiger partial charge < -0.3 is 9.63 Å². The quantitative estimate of drug-likeness (QED) is 0.635. The van der Waals surface area contributed by atoms with Gasteiger partial charge in [-0.3, -0.25) is 4.57 Å². The second kappa shape index (κ2) is 4.06. The topological polar surface area (TPSA) is 46.5 Å². The van der Waals surface area contributed by atoms with E-state index in [4.69, 9.17) is 5.11 Å². The summed E-state index contributed by atoms with van der Waals surface area (Å²) < 4.78 is 27.5. The van der Waals surface area contributed by atoms with Gasteiger partial charge in [-0.25, -0.2) is 4.39 Å². The lowest BCUT2D eigenvalue weighted by Crippen LogP contribution is -2.28. The maximum atomic E-state index is 12.7. The molecule has 0 fully saturated rings. The molecule has 62 valence electrons. The van der Waals surface area contributed by atoms with E-state index in [0.29, 0.717) is 0 Å². The molecule has 0 aromatic rings. The van der Waals surface area contributed by atoms with Crippen LogP contribution in [0.15, 0.2) is 0 Å². The van der Waals surface area contributed by atoms with E-state index in [1.165, 1.54) is 13.6 Å². The van der Waals surface area contributed by atoms with Crippen molar-refractivity contribution in [3.63, 3.8) is 0 Å². The molecule has 2 unspecified atom stereocenters. The monoisotopic (exact) mass is 170 g/mol. The Morgan fingerprint density at radius 3 is 2.60 bits per heavy atom. The Bertz CT molecular complexity index is 126. The SMILES string of the molecule is C[PH](=O)OCC(C)(F)CO. The van der Waals surface area contributed by atoms with Gasteiger partial charge in [-0.05, 0) is 6.92 Å². The first-order valence-corrected chi connectivity index (χ1v) is 4.73. The largest absolute Gasteiger partial charge is 0.393 e. The maximum Gasteiger partial charge on any atom is 0.188 e. The Morgan fingerprint density at radius 2 is 2.30 bits per heavy atom. The lowest BCUT2D eigenvalue weighted by atomic mass is 10.2. The average molecular weight is 170 g/mol. The van der Waals surface area contributed by atoms with Crippen molar-refractivity contribution in [1.82, 2.24) is 0 Å². The van der Waals surface area contributed by atoms with Gasteiger partial charge in [0.05, 0.1) is 13.2 Å². The second-order valence-corrected chi connectivity index (χ2v) is 3.62. The number of aliphatic hydroxyl groups is 1. The third-order valence-corrected chi connectivity index (χ3v) is 1.46. The van der Waals surface area contributed by atoms with Crippen LogP contribution in [0.4, 0.5) is 4.39 Å². The summed E-state index contributed by atoms with van der Waals surface area (Å²) in [6, 6.07) is 0. The van der Waals surface area contributed by atoms with Crippen LogP contribution in [-0.2, 0) is 9.09 Å². The number of rotatable bonds is 4. The van der Waals surface area contributed by atoms with Crippen LogP contribution in [0.2, 0.25) is 0 Å². The van der Waals surface area contributed by atoms with Gasteiger partial charge >= 0.3 is 0 Å². The Kier molecular flexibility index (Phi) is 4.09. The molecule has 0 aliphatic heterocycles. The van der Waals surface area contributed by atoms with Crippen molar-refractivity contribution in [2.45, 2.75) is 12.6 Å². The molecule has 0 bridgehead atoms. The van der Waals surface area contributed by atoms with E-state index >= 15 is 0 Å². The van der Waals surface area contributed by atoms with Crippen molar-refractivity contribution < 1.29 is 18.6 Å². The van der Waals surface area contributed by atoms with Crippen molar-refractivity contribution in [2.75, 3.05) is 19.9 Å². The van der Waals surface area contributed by atoms with Crippen LogP contribution in [0, 0.1) is 0 Å². The third-order valence-electron chi connectivity index (χ3n) is 0.906. The summed E-state index contributed by atoms with van der Waals surface area (Å²) in [5.74, 6) is 0. The smallest absolute Gasteiger partial charge is 0.188 e. The molecule has 10 heavy (non-hydrogen) atoms. The van der Waals surface area contributed by atoms with E-state index in [9.17, 15) is 8.96 Å². The molecule has 0 aromatic heterocycles. The van der Waals surface area contributed by atoms with Crippen LogP contribution in [0.3, 0.4) is 0 Å². The molecule has 5 heteroatoms. The van der Waals surface area contributed by atoms with E-state index in [1.807, 2.05) is 0 Å². The highest BCUT2D eigenvalue weighted by Gasteiger charge is 2.22. The number of hydrogen-bond acceptors (Lipinski definition) is 3. The molecule has 0 heterocycles. The summed E-state index contributed by atoms with van der Waals surface area (Å²) in [6.45, 7) is 1.65. The summed E-state index contributed by atoms with van der Waals surface area (Å²) in [7, 11) is -2.08. The van der Waals surface area contributed by atoms with Crippen LogP contribution in [-0.4, -0.2) is 30.7 Å². The molecule has 0 rings (SSSR count). The number of alkyl halides is 1. The molecule has 0 radical (unpaired) electrons. The van der Waals surface area contributed by atoms with Crippen LogP contribution >= 0.6 is 8.03 Å². The Labute approximate surface area is 60.1 Å². The van der Waals surface area contributed by atoms with E-state index in [0.717, 1.165) is 0 Å². The minimum absolute atomic E-state index is 0.308. The number of hydrogen-bond donors (Lipinski definition) is 1. The summed E-state index contributed by atoms with van der Waals surface area (Å²) >= 11 is 0. The zero-order chi connectivity index (χ0) is 8.20. The van der Waals surface area contributed by atoms with Crippen LogP contribution in [0.5, 0.6) is 0 Å². The normalized spacial score (nSPS) is 20.0. The third kappa shape index (κ3) is 4.91. The lowest BCUT2D eigenvalue weighted by molar-refractivity contribution is 0.0440. The molecule has 3 nitrogen and oxygen atoms in total. The van der Waals surface area contributed by atoms with E-state index < -0.39 is 20.3 Å². The van der Waals surface area contributed by atoms with Gasteiger partial charge in [-0.15, -0.1) is 0 Å². The first-order valence-electron chi connectivity index (χ1n) is 2.91. The molecule has 0 aromatic carbocycles. The molecule has 0 aliphatic carbocycles. The lowest BCUT2D eigenvalue weighted by Gasteiger charge is -2.15. The molecule has 0 amide bonds. The fourth-order valence-electron chi connectivity index (χ4n) is 0.298. The minimum Gasteiger partial charge on any atom is -0.393 e. The van der Waals surface area contributed by atoms with Crippen molar-refractivity contribution in [3.05, 3.63) is 0 Å². The van der Waals surface area contributed by atoms with E-state index in [1.54, 1.807) is 0 Å².